The molecule has 1 N–H and O–H groups in total. The van der Waals surface area contributed by atoms with Crippen LogP contribution in [0.25, 0.3) is 10.8 Å². The van der Waals surface area contributed by atoms with Crippen LogP contribution in [0, 0.1) is 3.57 Å². The lowest BCUT2D eigenvalue weighted by atomic mass is 10.1. The van der Waals surface area contributed by atoms with Crippen LogP contribution in [0.4, 0.5) is 0 Å². The molecule has 0 spiro atoms. The molecular formula is C12H9IO3. The second-order valence-electron chi connectivity index (χ2n) is 3.30. The molecule has 82 valence electrons. The Morgan fingerprint density at radius 3 is 2.75 bits per heavy atom. The summed E-state index contributed by atoms with van der Waals surface area (Å²) >= 11 is 2.02. The summed E-state index contributed by atoms with van der Waals surface area (Å²) in [7, 11) is 1.30. The van der Waals surface area contributed by atoms with E-state index in [1.807, 2.05) is 46.9 Å². The number of aromatic hydroxyl groups is 1. The second kappa shape index (κ2) is 4.29. The number of carbonyl (C=O) groups excluding carboxylic acids is 1. The van der Waals surface area contributed by atoms with E-state index >= 15 is 0 Å². The predicted molar refractivity (Wildman–Crippen MR) is 69.7 cm³/mol. The van der Waals surface area contributed by atoms with E-state index in [2.05, 4.69) is 4.74 Å². The molecular weight excluding hydrogens is 319 g/mol. The monoisotopic (exact) mass is 328 g/mol. The van der Waals surface area contributed by atoms with Crippen molar-refractivity contribution in [3.63, 3.8) is 0 Å². The lowest BCUT2D eigenvalue weighted by Crippen LogP contribution is -2.02. The zero-order valence-electron chi connectivity index (χ0n) is 8.53. The summed E-state index contributed by atoms with van der Waals surface area (Å²) < 4.78 is 5.28. The van der Waals surface area contributed by atoms with E-state index in [9.17, 15) is 9.90 Å². The van der Waals surface area contributed by atoms with Crippen molar-refractivity contribution < 1.29 is 14.6 Å². The first-order valence-corrected chi connectivity index (χ1v) is 5.71. The van der Waals surface area contributed by atoms with Crippen molar-refractivity contribution in [1.29, 1.82) is 0 Å². The molecule has 0 amide bonds. The molecule has 0 aromatic heterocycles. The van der Waals surface area contributed by atoms with E-state index in [1.54, 1.807) is 6.07 Å². The SMILES string of the molecule is COC(=O)c1cc2ccccc2c(I)c1O. The third kappa shape index (κ3) is 1.73. The lowest BCUT2D eigenvalue weighted by Gasteiger charge is -2.08. The topological polar surface area (TPSA) is 46.5 Å². The summed E-state index contributed by atoms with van der Waals surface area (Å²) in [4.78, 5) is 11.4. The number of methoxy groups -OCH3 is 1. The fourth-order valence-electron chi connectivity index (χ4n) is 1.56. The first-order chi connectivity index (χ1) is 7.65. The standard InChI is InChI=1S/C12H9IO3/c1-16-12(15)9-6-7-4-2-3-5-8(7)10(13)11(9)14/h2-6,14H,1H3. The quantitative estimate of drug-likeness (QED) is 0.647. The molecule has 0 aliphatic heterocycles. The smallest absolute Gasteiger partial charge is 0.341 e. The van der Waals surface area contributed by atoms with Gasteiger partial charge in [0.25, 0.3) is 0 Å². The highest BCUT2D eigenvalue weighted by Gasteiger charge is 2.16. The van der Waals surface area contributed by atoms with Gasteiger partial charge in [-0.05, 0) is 39.4 Å². The molecule has 0 unspecified atom stereocenters. The fourth-order valence-corrected chi connectivity index (χ4v) is 2.34. The summed E-state index contributed by atoms with van der Waals surface area (Å²) in [6.07, 6.45) is 0. The van der Waals surface area contributed by atoms with Gasteiger partial charge in [-0.15, -0.1) is 0 Å². The Kier molecular flexibility index (Phi) is 3.00. The van der Waals surface area contributed by atoms with Gasteiger partial charge in [-0.3, -0.25) is 0 Å². The minimum atomic E-state index is -0.527. The van der Waals surface area contributed by atoms with Gasteiger partial charge in [-0.2, -0.15) is 0 Å². The van der Waals surface area contributed by atoms with Gasteiger partial charge < -0.3 is 9.84 Å². The fraction of sp³-hybridized carbons (Fsp3) is 0.0833. The van der Waals surface area contributed by atoms with E-state index in [0.717, 1.165) is 10.8 Å². The highest BCUT2D eigenvalue weighted by molar-refractivity contribution is 14.1. The van der Waals surface area contributed by atoms with E-state index in [0.29, 0.717) is 3.57 Å². The normalized spacial score (nSPS) is 10.4. The molecule has 0 saturated carbocycles. The van der Waals surface area contributed by atoms with Crippen LogP contribution in [-0.4, -0.2) is 18.2 Å². The number of hydrogen-bond donors (Lipinski definition) is 1. The minimum Gasteiger partial charge on any atom is -0.506 e. The zero-order chi connectivity index (χ0) is 11.7. The van der Waals surface area contributed by atoms with Crippen LogP contribution in [0.5, 0.6) is 5.75 Å². The molecule has 0 atom stereocenters. The van der Waals surface area contributed by atoms with E-state index in [1.165, 1.54) is 7.11 Å². The summed E-state index contributed by atoms with van der Waals surface area (Å²) in [6.45, 7) is 0. The molecule has 0 aliphatic rings. The van der Waals surface area contributed by atoms with Crippen LogP contribution in [0.3, 0.4) is 0 Å². The number of phenolic OH excluding ortho intramolecular Hbond substituents is 1. The molecule has 2 aromatic rings. The summed E-state index contributed by atoms with van der Waals surface area (Å²) in [5, 5.41) is 11.7. The number of ether oxygens (including phenoxy) is 1. The molecule has 2 rings (SSSR count). The van der Waals surface area contributed by atoms with Gasteiger partial charge in [0.05, 0.1) is 10.7 Å². The van der Waals surface area contributed by atoms with E-state index in [-0.39, 0.29) is 11.3 Å². The van der Waals surface area contributed by atoms with E-state index in [4.69, 9.17) is 0 Å². The first kappa shape index (κ1) is 11.2. The Morgan fingerprint density at radius 2 is 2.06 bits per heavy atom. The average Bonchev–Trinajstić information content (AvgIpc) is 2.33. The molecule has 0 saturated heterocycles. The van der Waals surface area contributed by atoms with Gasteiger partial charge in [-0.1, -0.05) is 24.3 Å². The van der Waals surface area contributed by atoms with Gasteiger partial charge >= 0.3 is 5.97 Å². The summed E-state index contributed by atoms with van der Waals surface area (Å²) in [6, 6.07) is 9.21. The number of halogens is 1. The summed E-state index contributed by atoms with van der Waals surface area (Å²) in [5.74, 6) is -0.549. The van der Waals surface area contributed by atoms with Gasteiger partial charge in [0.15, 0.2) is 0 Å². The number of carbonyl (C=O) groups is 1. The van der Waals surface area contributed by atoms with Gasteiger partial charge in [0.2, 0.25) is 0 Å². The largest absolute Gasteiger partial charge is 0.506 e. The van der Waals surface area contributed by atoms with Gasteiger partial charge in [0.1, 0.15) is 11.3 Å². The maximum atomic E-state index is 11.4. The van der Waals surface area contributed by atoms with Gasteiger partial charge in [0, 0.05) is 0 Å². The molecule has 0 heterocycles. The third-order valence-corrected chi connectivity index (χ3v) is 3.46. The van der Waals surface area contributed by atoms with Crippen molar-refractivity contribution in [2.24, 2.45) is 0 Å². The number of benzene rings is 2. The van der Waals surface area contributed by atoms with Crippen molar-refractivity contribution >= 4 is 39.3 Å². The van der Waals surface area contributed by atoms with Crippen LogP contribution in [0.2, 0.25) is 0 Å². The second-order valence-corrected chi connectivity index (χ2v) is 4.38. The average molecular weight is 328 g/mol. The number of esters is 1. The highest BCUT2D eigenvalue weighted by atomic mass is 127. The Balaban J connectivity index is 2.78. The molecule has 3 nitrogen and oxygen atoms in total. The van der Waals surface area contributed by atoms with Crippen molar-refractivity contribution in [3.05, 3.63) is 39.5 Å². The van der Waals surface area contributed by atoms with E-state index < -0.39 is 5.97 Å². The number of rotatable bonds is 1. The molecule has 0 bridgehead atoms. The van der Waals surface area contributed by atoms with Crippen molar-refractivity contribution in [2.45, 2.75) is 0 Å². The van der Waals surface area contributed by atoms with Crippen LogP contribution < -0.4 is 0 Å². The number of phenols is 1. The Bertz CT molecular complexity index is 563. The highest BCUT2D eigenvalue weighted by Crippen LogP contribution is 2.32. The molecule has 0 fully saturated rings. The van der Waals surface area contributed by atoms with Gasteiger partial charge in [-0.25, -0.2) is 4.79 Å². The van der Waals surface area contributed by atoms with Crippen LogP contribution in [0.15, 0.2) is 30.3 Å². The number of hydrogen-bond acceptors (Lipinski definition) is 3. The Labute approximate surface area is 106 Å². The van der Waals surface area contributed by atoms with Crippen molar-refractivity contribution in [3.8, 4) is 5.75 Å². The zero-order valence-corrected chi connectivity index (χ0v) is 10.7. The van der Waals surface area contributed by atoms with Crippen LogP contribution in [-0.2, 0) is 4.74 Å². The Morgan fingerprint density at radius 1 is 1.38 bits per heavy atom. The first-order valence-electron chi connectivity index (χ1n) is 4.63. The van der Waals surface area contributed by atoms with Crippen LogP contribution in [0.1, 0.15) is 10.4 Å². The third-order valence-electron chi connectivity index (χ3n) is 2.37. The maximum Gasteiger partial charge on any atom is 0.341 e. The molecule has 4 heteroatoms. The molecule has 0 aliphatic carbocycles. The molecule has 2 aromatic carbocycles. The van der Waals surface area contributed by atoms with Crippen molar-refractivity contribution in [1.82, 2.24) is 0 Å². The van der Waals surface area contributed by atoms with Crippen LogP contribution >= 0.6 is 22.6 Å². The molecule has 16 heavy (non-hydrogen) atoms. The van der Waals surface area contributed by atoms with Crippen molar-refractivity contribution in [2.75, 3.05) is 7.11 Å². The predicted octanol–water partition coefficient (Wildman–Crippen LogP) is 2.94. The Hall–Kier alpha value is -1.30. The number of fused-ring (bicyclic) bond motifs is 1. The maximum absolute atomic E-state index is 11.4. The molecule has 0 radical (unpaired) electrons. The summed E-state index contributed by atoms with van der Waals surface area (Å²) in [5.41, 5.74) is 0.200. The lowest BCUT2D eigenvalue weighted by molar-refractivity contribution is 0.0597. The minimum absolute atomic E-state index is 0.0221.